The third-order valence-corrected chi connectivity index (χ3v) is 1.98. The summed E-state index contributed by atoms with van der Waals surface area (Å²) in [7, 11) is 0. The molecule has 6 nitrogen and oxygen atoms in total. The molecule has 0 spiro atoms. The first kappa shape index (κ1) is 17.1. The van der Waals surface area contributed by atoms with Gasteiger partial charge in [-0.25, -0.2) is 0 Å². The van der Waals surface area contributed by atoms with Crippen LogP contribution >= 0.6 is 0 Å². The van der Waals surface area contributed by atoms with Crippen molar-refractivity contribution in [2.45, 2.75) is 52.4 Å². The van der Waals surface area contributed by atoms with Gasteiger partial charge in [0.05, 0.1) is 6.61 Å². The molecule has 1 N–H and O–H groups in total. The highest BCUT2D eigenvalue weighted by atomic mass is 16.9. The van der Waals surface area contributed by atoms with E-state index in [1.54, 1.807) is 0 Å². The molecular formula is C10H21NO5. The van der Waals surface area contributed by atoms with Crippen LogP contribution in [0.4, 0.5) is 0 Å². The van der Waals surface area contributed by atoms with Gasteiger partial charge in [-0.3, -0.25) is 4.79 Å². The minimum absolute atomic E-state index is 0. The molecule has 0 atom stereocenters. The third-order valence-electron chi connectivity index (χ3n) is 1.98. The lowest BCUT2D eigenvalue weighted by Crippen LogP contribution is -2.01. The van der Waals surface area contributed by atoms with E-state index in [2.05, 4.69) is 4.84 Å². The third kappa shape index (κ3) is 15.2. The van der Waals surface area contributed by atoms with Gasteiger partial charge in [0, 0.05) is 6.42 Å². The summed E-state index contributed by atoms with van der Waals surface area (Å²) in [6.07, 6.45) is 5.36. The van der Waals surface area contributed by atoms with Gasteiger partial charge < -0.3 is 9.94 Å². The van der Waals surface area contributed by atoms with Crippen LogP contribution in [-0.4, -0.2) is 22.8 Å². The summed E-state index contributed by atoms with van der Waals surface area (Å²) in [5.74, 6) is -0.755. The van der Waals surface area contributed by atoms with Crippen molar-refractivity contribution in [3.63, 3.8) is 0 Å². The highest BCUT2D eigenvalue weighted by molar-refractivity contribution is 5.66. The molecule has 0 aromatic heterocycles. The number of hydrogen-bond donors (Lipinski definition) is 1. The standard InChI is InChI=1S/C9H17NO5.CH4/c11-9(12)7-5-3-1-2-4-6-8-15-10(13)14;/h1-8H2,(H,11,12);1H4. The van der Waals surface area contributed by atoms with Gasteiger partial charge in [-0.1, -0.05) is 33.1 Å². The Labute approximate surface area is 95.7 Å². The van der Waals surface area contributed by atoms with E-state index in [-0.39, 0.29) is 20.5 Å². The van der Waals surface area contributed by atoms with Crippen LogP contribution in [0.1, 0.15) is 52.4 Å². The second-order valence-corrected chi connectivity index (χ2v) is 3.32. The van der Waals surface area contributed by atoms with Crippen LogP contribution in [0.25, 0.3) is 0 Å². The Morgan fingerprint density at radius 1 is 1.12 bits per heavy atom. The molecule has 0 heterocycles. The van der Waals surface area contributed by atoms with Crippen molar-refractivity contribution in [1.82, 2.24) is 0 Å². The molecule has 0 amide bonds. The Kier molecular flexibility index (Phi) is 12.5. The second-order valence-electron chi connectivity index (χ2n) is 3.32. The van der Waals surface area contributed by atoms with Gasteiger partial charge in [-0.15, -0.1) is 10.1 Å². The summed E-state index contributed by atoms with van der Waals surface area (Å²) in [4.78, 5) is 24.1. The number of aliphatic carboxylic acids is 1. The molecule has 0 rings (SSSR count). The van der Waals surface area contributed by atoms with Crippen LogP contribution in [0, 0.1) is 10.1 Å². The fourth-order valence-corrected chi connectivity index (χ4v) is 1.22. The monoisotopic (exact) mass is 235 g/mol. The Morgan fingerprint density at radius 2 is 1.62 bits per heavy atom. The number of rotatable bonds is 10. The molecular weight excluding hydrogens is 214 g/mol. The molecule has 0 aromatic carbocycles. The number of hydrogen-bond acceptors (Lipinski definition) is 4. The average Bonchev–Trinajstić information content (AvgIpc) is 2.14. The highest BCUT2D eigenvalue weighted by Gasteiger charge is 1.97. The maximum Gasteiger partial charge on any atom is 0.303 e. The molecule has 0 fully saturated rings. The summed E-state index contributed by atoms with van der Waals surface area (Å²) >= 11 is 0. The fourth-order valence-electron chi connectivity index (χ4n) is 1.22. The fraction of sp³-hybridized carbons (Fsp3) is 0.900. The minimum Gasteiger partial charge on any atom is -0.481 e. The molecule has 0 unspecified atom stereocenters. The largest absolute Gasteiger partial charge is 0.481 e. The van der Waals surface area contributed by atoms with Crippen LogP contribution in [0.2, 0.25) is 0 Å². The van der Waals surface area contributed by atoms with Crippen molar-refractivity contribution in [1.29, 1.82) is 0 Å². The van der Waals surface area contributed by atoms with Gasteiger partial charge in [0.25, 0.3) is 5.09 Å². The van der Waals surface area contributed by atoms with Gasteiger partial charge in [0.15, 0.2) is 0 Å². The summed E-state index contributed by atoms with van der Waals surface area (Å²) in [6, 6.07) is 0. The van der Waals surface area contributed by atoms with E-state index in [1.807, 2.05) is 0 Å². The van der Waals surface area contributed by atoms with E-state index < -0.39 is 11.1 Å². The Balaban J connectivity index is 0. The first-order valence-electron chi connectivity index (χ1n) is 5.12. The molecule has 0 saturated carbocycles. The molecule has 0 radical (unpaired) electrons. The lowest BCUT2D eigenvalue weighted by Gasteiger charge is -2.00. The zero-order valence-corrected chi connectivity index (χ0v) is 8.68. The predicted molar refractivity (Wildman–Crippen MR) is 59.6 cm³/mol. The van der Waals surface area contributed by atoms with Crippen molar-refractivity contribution in [3.8, 4) is 0 Å². The number of carbonyl (C=O) groups is 1. The lowest BCUT2D eigenvalue weighted by atomic mass is 10.1. The first-order chi connectivity index (χ1) is 7.13. The summed E-state index contributed by atoms with van der Waals surface area (Å²) in [5.41, 5.74) is 0. The smallest absolute Gasteiger partial charge is 0.303 e. The maximum absolute atomic E-state index is 10.2. The van der Waals surface area contributed by atoms with E-state index in [0.717, 1.165) is 25.7 Å². The topological polar surface area (TPSA) is 89.7 Å². The minimum atomic E-state index is -0.785. The number of carboxylic acids is 1. The summed E-state index contributed by atoms with van der Waals surface area (Å²) in [6.45, 7) is 0.155. The SMILES string of the molecule is C.O=C(O)CCCCCCCCO[N+](=O)[O-]. The molecule has 16 heavy (non-hydrogen) atoms. The Morgan fingerprint density at radius 3 is 2.12 bits per heavy atom. The van der Waals surface area contributed by atoms with Crippen LogP contribution in [0.3, 0.4) is 0 Å². The van der Waals surface area contributed by atoms with Crippen molar-refractivity contribution < 1.29 is 19.8 Å². The molecule has 0 aliphatic carbocycles. The van der Waals surface area contributed by atoms with Crippen LogP contribution < -0.4 is 0 Å². The molecule has 0 aliphatic heterocycles. The number of carboxylic acid groups (broad SMARTS) is 1. The normalized spacial score (nSPS) is 9.25. The van der Waals surface area contributed by atoms with E-state index in [0.29, 0.717) is 12.8 Å². The van der Waals surface area contributed by atoms with E-state index in [4.69, 9.17) is 5.11 Å². The Bertz CT molecular complexity index is 176. The zero-order chi connectivity index (χ0) is 11.5. The molecule has 0 aliphatic rings. The summed E-state index contributed by atoms with van der Waals surface area (Å²) in [5, 5.41) is 17.3. The van der Waals surface area contributed by atoms with Crippen LogP contribution in [-0.2, 0) is 9.63 Å². The first-order valence-corrected chi connectivity index (χ1v) is 5.12. The van der Waals surface area contributed by atoms with Gasteiger partial charge in [-0.05, 0) is 12.8 Å². The van der Waals surface area contributed by atoms with Gasteiger partial charge in [-0.2, -0.15) is 0 Å². The van der Waals surface area contributed by atoms with Crippen LogP contribution in [0.5, 0.6) is 0 Å². The molecule has 6 heteroatoms. The van der Waals surface area contributed by atoms with E-state index >= 15 is 0 Å². The van der Waals surface area contributed by atoms with E-state index in [9.17, 15) is 14.9 Å². The zero-order valence-electron chi connectivity index (χ0n) is 8.68. The lowest BCUT2D eigenvalue weighted by molar-refractivity contribution is -0.757. The van der Waals surface area contributed by atoms with Crippen molar-refractivity contribution >= 4 is 5.97 Å². The Hall–Kier alpha value is -1.33. The molecule has 0 saturated heterocycles. The molecule has 0 bridgehead atoms. The highest BCUT2D eigenvalue weighted by Crippen LogP contribution is 2.07. The van der Waals surface area contributed by atoms with Gasteiger partial charge in [0.2, 0.25) is 0 Å². The van der Waals surface area contributed by atoms with Crippen molar-refractivity contribution in [2.24, 2.45) is 0 Å². The summed E-state index contributed by atoms with van der Waals surface area (Å²) < 4.78 is 0. The molecule has 96 valence electrons. The predicted octanol–water partition coefficient (Wildman–Crippen LogP) is 2.65. The van der Waals surface area contributed by atoms with Gasteiger partial charge >= 0.3 is 5.97 Å². The quantitative estimate of drug-likeness (QED) is 0.357. The van der Waals surface area contributed by atoms with Crippen molar-refractivity contribution in [3.05, 3.63) is 10.1 Å². The number of unbranched alkanes of at least 4 members (excludes halogenated alkanes) is 5. The van der Waals surface area contributed by atoms with E-state index in [1.165, 1.54) is 0 Å². The van der Waals surface area contributed by atoms with Crippen molar-refractivity contribution in [2.75, 3.05) is 6.61 Å². The van der Waals surface area contributed by atoms with Crippen LogP contribution in [0.15, 0.2) is 0 Å². The maximum atomic E-state index is 10.2. The average molecular weight is 235 g/mol. The van der Waals surface area contributed by atoms with Gasteiger partial charge in [0.1, 0.15) is 0 Å². The second kappa shape index (κ2) is 11.7. The molecule has 0 aromatic rings. The number of nitrogens with zero attached hydrogens (tertiary/aromatic N) is 1.